The monoisotopic (exact) mass is 360 g/mol. The Morgan fingerprint density at radius 3 is 2.46 bits per heavy atom. The zero-order valence-corrected chi connectivity index (χ0v) is 16.0. The molecule has 2 heterocycles. The number of rotatable bonds is 4. The lowest BCUT2D eigenvalue weighted by atomic mass is 10.1. The summed E-state index contributed by atoms with van der Waals surface area (Å²) in [6.07, 6.45) is 1.92. The zero-order chi connectivity index (χ0) is 18.5. The summed E-state index contributed by atoms with van der Waals surface area (Å²) in [6, 6.07) is 9.13. The average Bonchev–Trinajstić information content (AvgIpc) is 2.64. The van der Waals surface area contributed by atoms with Gasteiger partial charge in [0, 0.05) is 57.0 Å². The predicted molar refractivity (Wildman–Crippen MR) is 105 cm³/mol. The minimum absolute atomic E-state index is 0.0710. The molecule has 0 unspecified atom stereocenters. The van der Waals surface area contributed by atoms with Crippen LogP contribution in [0.1, 0.15) is 25.3 Å². The summed E-state index contributed by atoms with van der Waals surface area (Å²) in [5, 5.41) is 12.2. The fraction of sp³-hybridized carbons (Fsp3) is 0.650. The lowest BCUT2D eigenvalue weighted by molar-refractivity contribution is 0.142. The van der Waals surface area contributed by atoms with Gasteiger partial charge < -0.3 is 25.1 Å². The molecule has 144 valence electrons. The molecule has 0 bridgehead atoms. The number of aryl methyl sites for hydroxylation is 1. The van der Waals surface area contributed by atoms with Crippen molar-refractivity contribution in [3.8, 4) is 0 Å². The molecule has 3 rings (SSSR count). The number of hydrogen-bond acceptors (Lipinski definition) is 4. The van der Waals surface area contributed by atoms with Crippen LogP contribution >= 0.6 is 0 Å². The van der Waals surface area contributed by atoms with E-state index < -0.39 is 0 Å². The summed E-state index contributed by atoms with van der Waals surface area (Å²) >= 11 is 0. The highest BCUT2D eigenvalue weighted by molar-refractivity contribution is 5.75. The average molecular weight is 361 g/mol. The first-order valence-electron chi connectivity index (χ1n) is 9.79. The number of piperidine rings is 1. The van der Waals surface area contributed by atoms with E-state index in [2.05, 4.69) is 53.2 Å². The number of hydrogen-bond donors (Lipinski definition) is 2. The van der Waals surface area contributed by atoms with E-state index >= 15 is 0 Å². The molecular weight excluding hydrogens is 328 g/mol. The maximum atomic E-state index is 12.7. The minimum Gasteiger partial charge on any atom is -0.395 e. The fourth-order valence-corrected chi connectivity index (χ4v) is 3.95. The molecule has 1 aromatic carbocycles. The van der Waals surface area contributed by atoms with Crippen LogP contribution in [0, 0.1) is 6.92 Å². The van der Waals surface area contributed by atoms with Gasteiger partial charge in [-0.25, -0.2) is 4.79 Å². The number of anilines is 1. The van der Waals surface area contributed by atoms with Gasteiger partial charge in [0.15, 0.2) is 0 Å². The Morgan fingerprint density at radius 2 is 1.85 bits per heavy atom. The van der Waals surface area contributed by atoms with Crippen molar-refractivity contribution in [2.45, 2.75) is 38.8 Å². The van der Waals surface area contributed by atoms with Gasteiger partial charge in [-0.2, -0.15) is 0 Å². The van der Waals surface area contributed by atoms with Gasteiger partial charge in [0.2, 0.25) is 0 Å². The quantitative estimate of drug-likeness (QED) is 0.858. The SMILES string of the molecule is Cc1ccc(N2CCN(C(=O)NC3CCN(CCO)CC3)[C@H](C)C2)cc1. The summed E-state index contributed by atoms with van der Waals surface area (Å²) in [5.74, 6) is 0. The highest BCUT2D eigenvalue weighted by atomic mass is 16.3. The third-order valence-corrected chi connectivity index (χ3v) is 5.62. The molecule has 2 fully saturated rings. The van der Waals surface area contributed by atoms with Crippen molar-refractivity contribution in [3.63, 3.8) is 0 Å². The summed E-state index contributed by atoms with van der Waals surface area (Å²) in [6.45, 7) is 9.56. The summed E-state index contributed by atoms with van der Waals surface area (Å²) in [4.78, 5) is 19.3. The van der Waals surface area contributed by atoms with E-state index in [1.165, 1.54) is 11.3 Å². The molecule has 0 radical (unpaired) electrons. The van der Waals surface area contributed by atoms with Crippen molar-refractivity contribution in [1.82, 2.24) is 15.1 Å². The molecule has 26 heavy (non-hydrogen) atoms. The number of carbonyl (C=O) groups excluding carboxylic acids is 1. The Kier molecular flexibility index (Phi) is 6.38. The molecule has 6 heteroatoms. The number of β-amino-alcohol motifs (C(OH)–C–C–N with tert-alkyl or cyclic N) is 1. The Labute approximate surface area is 156 Å². The van der Waals surface area contributed by atoms with E-state index in [1.54, 1.807) is 0 Å². The predicted octanol–water partition coefficient (Wildman–Crippen LogP) is 1.67. The van der Waals surface area contributed by atoms with Crippen molar-refractivity contribution < 1.29 is 9.90 Å². The number of benzene rings is 1. The second kappa shape index (κ2) is 8.73. The molecule has 0 spiro atoms. The molecule has 2 aliphatic rings. The smallest absolute Gasteiger partial charge is 0.317 e. The van der Waals surface area contributed by atoms with E-state index in [4.69, 9.17) is 5.11 Å². The van der Waals surface area contributed by atoms with Crippen LogP contribution in [0.5, 0.6) is 0 Å². The minimum atomic E-state index is 0.0710. The maximum Gasteiger partial charge on any atom is 0.317 e. The van der Waals surface area contributed by atoms with Gasteiger partial charge in [-0.1, -0.05) is 17.7 Å². The number of urea groups is 1. The largest absolute Gasteiger partial charge is 0.395 e. The topological polar surface area (TPSA) is 59.0 Å². The van der Waals surface area contributed by atoms with E-state index in [1.807, 2.05) is 4.90 Å². The summed E-state index contributed by atoms with van der Waals surface area (Å²) in [7, 11) is 0. The molecule has 0 aromatic heterocycles. The van der Waals surface area contributed by atoms with Gasteiger partial charge in [0.05, 0.1) is 6.61 Å². The van der Waals surface area contributed by atoms with Crippen LogP contribution in [0.4, 0.5) is 10.5 Å². The van der Waals surface area contributed by atoms with Gasteiger partial charge in [-0.15, -0.1) is 0 Å². The van der Waals surface area contributed by atoms with E-state index in [0.29, 0.717) is 0 Å². The van der Waals surface area contributed by atoms with Gasteiger partial charge in [0.1, 0.15) is 0 Å². The second-order valence-corrected chi connectivity index (χ2v) is 7.61. The summed E-state index contributed by atoms with van der Waals surface area (Å²) in [5.41, 5.74) is 2.50. The second-order valence-electron chi connectivity index (χ2n) is 7.61. The zero-order valence-electron chi connectivity index (χ0n) is 16.0. The first-order chi connectivity index (χ1) is 12.6. The van der Waals surface area contributed by atoms with Crippen LogP contribution in [0.25, 0.3) is 0 Å². The van der Waals surface area contributed by atoms with Gasteiger partial charge in [0.25, 0.3) is 0 Å². The highest BCUT2D eigenvalue weighted by Crippen LogP contribution is 2.20. The summed E-state index contributed by atoms with van der Waals surface area (Å²) < 4.78 is 0. The van der Waals surface area contributed by atoms with Crippen LogP contribution in [0.15, 0.2) is 24.3 Å². The molecule has 0 aliphatic carbocycles. The third kappa shape index (κ3) is 4.68. The highest BCUT2D eigenvalue weighted by Gasteiger charge is 2.29. The first-order valence-corrected chi connectivity index (χ1v) is 9.79. The lowest BCUT2D eigenvalue weighted by Gasteiger charge is -2.42. The Morgan fingerprint density at radius 1 is 1.15 bits per heavy atom. The number of nitrogens with one attached hydrogen (secondary N) is 1. The molecule has 6 nitrogen and oxygen atoms in total. The fourth-order valence-electron chi connectivity index (χ4n) is 3.95. The number of piperazine rings is 1. The molecule has 2 amide bonds. The van der Waals surface area contributed by atoms with Crippen LogP contribution in [-0.4, -0.2) is 78.9 Å². The van der Waals surface area contributed by atoms with Gasteiger partial charge in [-0.3, -0.25) is 0 Å². The standard InChI is InChI=1S/C20H32N4O2/c1-16-3-5-19(6-4-16)23-11-12-24(17(2)15-23)20(26)21-18-7-9-22(10-8-18)13-14-25/h3-6,17-18,25H,7-15H2,1-2H3,(H,21,26)/t17-/m1/s1. The van der Waals surface area contributed by atoms with Crippen LogP contribution in [0.2, 0.25) is 0 Å². The number of likely N-dealkylation sites (tertiary alicyclic amines) is 1. The molecule has 0 saturated carbocycles. The van der Waals surface area contributed by atoms with Crippen molar-refractivity contribution in [1.29, 1.82) is 0 Å². The molecule has 1 aromatic rings. The van der Waals surface area contributed by atoms with Crippen LogP contribution in [-0.2, 0) is 0 Å². The van der Waals surface area contributed by atoms with Crippen LogP contribution in [0.3, 0.4) is 0 Å². The Hall–Kier alpha value is -1.79. The van der Waals surface area contributed by atoms with E-state index in [0.717, 1.165) is 52.1 Å². The Bertz CT molecular complexity index is 584. The van der Waals surface area contributed by atoms with Gasteiger partial charge >= 0.3 is 6.03 Å². The molecule has 2 N–H and O–H groups in total. The number of nitrogens with zero attached hydrogens (tertiary/aromatic N) is 3. The van der Waals surface area contributed by atoms with Gasteiger partial charge in [-0.05, 0) is 38.8 Å². The van der Waals surface area contributed by atoms with E-state index in [-0.39, 0.29) is 24.7 Å². The number of aliphatic hydroxyl groups is 1. The number of amides is 2. The first kappa shape index (κ1) is 19.0. The van der Waals surface area contributed by atoms with Crippen LogP contribution < -0.4 is 10.2 Å². The molecular formula is C20H32N4O2. The Balaban J connectivity index is 1.48. The molecule has 2 saturated heterocycles. The van der Waals surface area contributed by atoms with Crippen molar-refractivity contribution >= 4 is 11.7 Å². The number of aliphatic hydroxyl groups excluding tert-OH is 1. The third-order valence-electron chi connectivity index (χ3n) is 5.62. The molecule has 1 atom stereocenters. The van der Waals surface area contributed by atoms with E-state index in [9.17, 15) is 4.79 Å². The normalized spacial score (nSPS) is 22.5. The maximum absolute atomic E-state index is 12.7. The number of carbonyl (C=O) groups is 1. The van der Waals surface area contributed by atoms with Crippen molar-refractivity contribution in [3.05, 3.63) is 29.8 Å². The molecule has 2 aliphatic heterocycles. The van der Waals surface area contributed by atoms with Crippen molar-refractivity contribution in [2.75, 3.05) is 50.8 Å². The van der Waals surface area contributed by atoms with Crippen molar-refractivity contribution in [2.24, 2.45) is 0 Å². The lowest BCUT2D eigenvalue weighted by Crippen LogP contribution is -2.58.